The Labute approximate surface area is 83.9 Å². The first-order chi connectivity index (χ1) is 6.50. The van der Waals surface area contributed by atoms with Gasteiger partial charge in [0.2, 0.25) is 0 Å². The number of rotatable bonds is 3. The molecule has 0 saturated carbocycles. The molecule has 0 aliphatic carbocycles. The van der Waals surface area contributed by atoms with E-state index < -0.39 is 5.97 Å². The second-order valence-electron chi connectivity index (χ2n) is 3.49. The van der Waals surface area contributed by atoms with Gasteiger partial charge in [0.05, 0.1) is 6.42 Å². The number of aryl methyl sites for hydroxylation is 2. The molecule has 0 radical (unpaired) electrons. The number of carboxylic acids is 1. The normalized spacial score (nSPS) is 9.86. The summed E-state index contributed by atoms with van der Waals surface area (Å²) in [4.78, 5) is 10.5. The van der Waals surface area contributed by atoms with Gasteiger partial charge in [-0.3, -0.25) is 4.79 Å². The standard InChI is InChI=1S/C12H14O2/c1-8-4-5-9(2)11(6-8)10(3)7-12(13)14/h4-6H,3,7H2,1-2H3,(H,13,14). The van der Waals surface area contributed by atoms with E-state index in [0.717, 1.165) is 16.7 Å². The van der Waals surface area contributed by atoms with E-state index in [1.165, 1.54) is 0 Å². The maximum atomic E-state index is 10.5. The molecule has 2 nitrogen and oxygen atoms in total. The largest absolute Gasteiger partial charge is 0.481 e. The maximum Gasteiger partial charge on any atom is 0.307 e. The summed E-state index contributed by atoms with van der Waals surface area (Å²) in [5, 5.41) is 8.64. The number of hydrogen-bond donors (Lipinski definition) is 1. The van der Waals surface area contributed by atoms with E-state index in [2.05, 4.69) is 6.58 Å². The van der Waals surface area contributed by atoms with Gasteiger partial charge in [-0.15, -0.1) is 0 Å². The van der Waals surface area contributed by atoms with Crippen molar-refractivity contribution in [2.24, 2.45) is 0 Å². The summed E-state index contributed by atoms with van der Waals surface area (Å²) >= 11 is 0. The van der Waals surface area contributed by atoms with E-state index in [4.69, 9.17) is 5.11 Å². The van der Waals surface area contributed by atoms with Gasteiger partial charge in [0.1, 0.15) is 0 Å². The van der Waals surface area contributed by atoms with Crippen LogP contribution in [0.5, 0.6) is 0 Å². The van der Waals surface area contributed by atoms with Crippen LogP contribution in [0, 0.1) is 13.8 Å². The van der Waals surface area contributed by atoms with Gasteiger partial charge in [0.15, 0.2) is 0 Å². The number of carbonyl (C=O) groups is 1. The molecule has 0 spiro atoms. The quantitative estimate of drug-likeness (QED) is 0.795. The molecule has 0 bridgehead atoms. The Morgan fingerprint density at radius 2 is 2.07 bits per heavy atom. The average Bonchev–Trinajstić information content (AvgIpc) is 2.08. The summed E-state index contributed by atoms with van der Waals surface area (Å²) in [6, 6.07) is 5.96. The Morgan fingerprint density at radius 3 is 2.64 bits per heavy atom. The summed E-state index contributed by atoms with van der Waals surface area (Å²) in [5.41, 5.74) is 3.81. The highest BCUT2D eigenvalue weighted by Crippen LogP contribution is 2.21. The predicted molar refractivity (Wildman–Crippen MR) is 57.2 cm³/mol. The minimum Gasteiger partial charge on any atom is -0.481 e. The molecular formula is C12H14O2. The molecule has 74 valence electrons. The van der Waals surface area contributed by atoms with Crippen LogP contribution in [-0.4, -0.2) is 11.1 Å². The van der Waals surface area contributed by atoms with E-state index in [9.17, 15) is 4.79 Å². The molecule has 2 heteroatoms. The third-order valence-corrected chi connectivity index (χ3v) is 2.14. The lowest BCUT2D eigenvalue weighted by molar-refractivity contribution is -0.135. The lowest BCUT2D eigenvalue weighted by Crippen LogP contribution is -1.97. The van der Waals surface area contributed by atoms with Crippen LogP contribution < -0.4 is 0 Å². The lowest BCUT2D eigenvalue weighted by Gasteiger charge is -2.08. The van der Waals surface area contributed by atoms with Crippen LogP contribution in [0.1, 0.15) is 23.1 Å². The number of benzene rings is 1. The average molecular weight is 190 g/mol. The number of aliphatic carboxylic acids is 1. The fourth-order valence-electron chi connectivity index (χ4n) is 1.39. The molecular weight excluding hydrogens is 176 g/mol. The first-order valence-corrected chi connectivity index (χ1v) is 4.48. The van der Waals surface area contributed by atoms with Crippen LogP contribution in [0.2, 0.25) is 0 Å². The maximum absolute atomic E-state index is 10.5. The van der Waals surface area contributed by atoms with Gasteiger partial charge in [-0.05, 0) is 30.5 Å². The summed E-state index contributed by atoms with van der Waals surface area (Å²) < 4.78 is 0. The van der Waals surface area contributed by atoms with Crippen LogP contribution in [0.15, 0.2) is 24.8 Å². The highest BCUT2D eigenvalue weighted by atomic mass is 16.4. The summed E-state index contributed by atoms with van der Waals surface area (Å²) in [7, 11) is 0. The van der Waals surface area contributed by atoms with Gasteiger partial charge < -0.3 is 5.11 Å². The van der Waals surface area contributed by atoms with Crippen LogP contribution in [-0.2, 0) is 4.79 Å². The van der Waals surface area contributed by atoms with Gasteiger partial charge >= 0.3 is 5.97 Å². The zero-order valence-electron chi connectivity index (χ0n) is 8.50. The van der Waals surface area contributed by atoms with E-state index in [0.29, 0.717) is 5.57 Å². The van der Waals surface area contributed by atoms with Gasteiger partial charge in [-0.2, -0.15) is 0 Å². The van der Waals surface area contributed by atoms with Crippen molar-refractivity contribution in [2.75, 3.05) is 0 Å². The number of carboxylic acid groups (broad SMARTS) is 1. The second-order valence-corrected chi connectivity index (χ2v) is 3.49. The van der Waals surface area contributed by atoms with Crippen LogP contribution in [0.4, 0.5) is 0 Å². The number of hydrogen-bond acceptors (Lipinski definition) is 1. The molecule has 0 unspecified atom stereocenters. The zero-order valence-corrected chi connectivity index (χ0v) is 8.50. The molecule has 1 rings (SSSR count). The SMILES string of the molecule is C=C(CC(=O)O)c1cc(C)ccc1C. The van der Waals surface area contributed by atoms with Crippen molar-refractivity contribution in [2.45, 2.75) is 20.3 Å². The Hall–Kier alpha value is -1.57. The topological polar surface area (TPSA) is 37.3 Å². The molecule has 0 fully saturated rings. The van der Waals surface area contributed by atoms with Crippen molar-refractivity contribution in [3.8, 4) is 0 Å². The van der Waals surface area contributed by atoms with Gasteiger partial charge in [0, 0.05) is 0 Å². The predicted octanol–water partition coefficient (Wildman–Crippen LogP) is 2.79. The molecule has 0 aliphatic rings. The van der Waals surface area contributed by atoms with Crippen molar-refractivity contribution in [1.29, 1.82) is 0 Å². The van der Waals surface area contributed by atoms with Gasteiger partial charge in [-0.1, -0.05) is 30.3 Å². The summed E-state index contributed by atoms with van der Waals surface area (Å²) in [5.74, 6) is -0.837. The Bertz CT molecular complexity index is 378. The Kier molecular flexibility index (Phi) is 3.07. The second kappa shape index (κ2) is 4.09. The molecule has 1 N–H and O–H groups in total. The van der Waals surface area contributed by atoms with Crippen LogP contribution >= 0.6 is 0 Å². The van der Waals surface area contributed by atoms with Crippen LogP contribution in [0.3, 0.4) is 0 Å². The van der Waals surface area contributed by atoms with Crippen molar-refractivity contribution in [3.63, 3.8) is 0 Å². The molecule has 0 atom stereocenters. The molecule has 14 heavy (non-hydrogen) atoms. The van der Waals surface area contributed by atoms with E-state index >= 15 is 0 Å². The molecule has 0 heterocycles. The molecule has 0 aliphatic heterocycles. The molecule has 1 aromatic rings. The lowest BCUT2D eigenvalue weighted by atomic mass is 9.98. The highest BCUT2D eigenvalue weighted by Gasteiger charge is 2.06. The fraction of sp³-hybridized carbons (Fsp3) is 0.250. The van der Waals surface area contributed by atoms with Gasteiger partial charge in [0.25, 0.3) is 0 Å². The summed E-state index contributed by atoms with van der Waals surface area (Å²) in [6.07, 6.45) is 0.00426. The van der Waals surface area contributed by atoms with E-state index in [1.807, 2.05) is 32.0 Å². The first kappa shape index (κ1) is 10.5. The third kappa shape index (κ3) is 2.46. The Balaban J connectivity index is 3.00. The van der Waals surface area contributed by atoms with E-state index in [1.54, 1.807) is 0 Å². The zero-order chi connectivity index (χ0) is 10.7. The molecule has 0 saturated heterocycles. The highest BCUT2D eigenvalue weighted by molar-refractivity contribution is 5.83. The Morgan fingerprint density at radius 1 is 1.43 bits per heavy atom. The molecule has 0 amide bonds. The van der Waals surface area contributed by atoms with Crippen molar-refractivity contribution in [1.82, 2.24) is 0 Å². The smallest absolute Gasteiger partial charge is 0.307 e. The van der Waals surface area contributed by atoms with Gasteiger partial charge in [-0.25, -0.2) is 0 Å². The fourth-order valence-corrected chi connectivity index (χ4v) is 1.39. The third-order valence-electron chi connectivity index (χ3n) is 2.14. The minimum atomic E-state index is -0.837. The van der Waals surface area contributed by atoms with Crippen molar-refractivity contribution in [3.05, 3.63) is 41.5 Å². The van der Waals surface area contributed by atoms with Crippen molar-refractivity contribution >= 4 is 11.5 Å². The summed E-state index contributed by atoms with van der Waals surface area (Å²) in [6.45, 7) is 7.73. The first-order valence-electron chi connectivity index (χ1n) is 4.48. The molecule has 0 aromatic heterocycles. The van der Waals surface area contributed by atoms with Crippen LogP contribution in [0.25, 0.3) is 5.57 Å². The molecule has 1 aromatic carbocycles. The van der Waals surface area contributed by atoms with Crippen molar-refractivity contribution < 1.29 is 9.90 Å². The monoisotopic (exact) mass is 190 g/mol. The minimum absolute atomic E-state index is 0.00426. The van der Waals surface area contributed by atoms with E-state index in [-0.39, 0.29) is 6.42 Å².